The van der Waals surface area contributed by atoms with Gasteiger partial charge in [-0.2, -0.15) is 0 Å². The quantitative estimate of drug-likeness (QED) is 0.353. The lowest BCUT2D eigenvalue weighted by atomic mass is 9.66. The molecular weight excluding hydrogens is 183 g/mol. The molecule has 0 heterocycles. The van der Waals surface area contributed by atoms with E-state index in [4.69, 9.17) is 4.65 Å². The molecule has 0 amide bonds. The molecule has 0 aromatic rings. The first-order valence-corrected chi connectivity index (χ1v) is 6.92. The zero-order chi connectivity index (χ0) is 11.4. The Morgan fingerprint density at radius 2 is 1.40 bits per heavy atom. The van der Waals surface area contributed by atoms with Gasteiger partial charge < -0.3 is 4.65 Å². The molecule has 0 saturated carbocycles. The van der Waals surface area contributed by atoms with Gasteiger partial charge in [0.1, 0.15) is 0 Å². The molecule has 1 nitrogen and oxygen atoms in total. The Hall–Kier alpha value is 0.0249. The van der Waals surface area contributed by atoms with Crippen molar-refractivity contribution in [2.45, 2.75) is 78.4 Å². The summed E-state index contributed by atoms with van der Waals surface area (Å²) in [5, 5.41) is 0. The van der Waals surface area contributed by atoms with Gasteiger partial charge in [-0.25, -0.2) is 0 Å². The first-order chi connectivity index (χ1) is 7.31. The Bertz CT molecular complexity index is 117. The minimum atomic E-state index is 0.475. The average molecular weight is 212 g/mol. The highest BCUT2D eigenvalue weighted by molar-refractivity contribution is 6.50. The van der Waals surface area contributed by atoms with Crippen molar-refractivity contribution in [1.82, 2.24) is 0 Å². The van der Waals surface area contributed by atoms with Crippen molar-refractivity contribution in [2.24, 2.45) is 0 Å². The predicted octanol–water partition coefficient (Wildman–Crippen LogP) is 4.78. The first kappa shape index (κ1) is 15.0. The van der Waals surface area contributed by atoms with E-state index in [-0.39, 0.29) is 0 Å². The van der Waals surface area contributed by atoms with Crippen molar-refractivity contribution in [3.05, 3.63) is 0 Å². The first-order valence-electron chi connectivity index (χ1n) is 6.92. The summed E-state index contributed by atoms with van der Waals surface area (Å²) in [7, 11) is 0. The van der Waals surface area contributed by atoms with Crippen LogP contribution in [0.3, 0.4) is 0 Å². The fourth-order valence-electron chi connectivity index (χ4n) is 1.76. The van der Waals surface area contributed by atoms with Crippen molar-refractivity contribution >= 4 is 6.92 Å². The topological polar surface area (TPSA) is 9.23 Å². The lowest BCUT2D eigenvalue weighted by molar-refractivity contribution is 0.308. The smallest absolute Gasteiger partial charge is 0.289 e. The van der Waals surface area contributed by atoms with Gasteiger partial charge in [0.05, 0.1) is 0 Å². The molecule has 0 fully saturated rings. The molecule has 0 aliphatic heterocycles. The van der Waals surface area contributed by atoms with E-state index in [2.05, 4.69) is 20.7 Å². The summed E-state index contributed by atoms with van der Waals surface area (Å²) in [6.07, 6.45) is 11.9. The molecule has 0 atom stereocenters. The highest BCUT2D eigenvalue weighted by Crippen LogP contribution is 2.08. The van der Waals surface area contributed by atoms with Gasteiger partial charge in [0.2, 0.25) is 0 Å². The summed E-state index contributed by atoms with van der Waals surface area (Å²) in [5.74, 6) is 0. The highest BCUT2D eigenvalue weighted by Gasteiger charge is 2.06. The SMILES string of the molecule is CCCCCCOB(C)CCCCCC. The number of hydrogen-bond acceptors (Lipinski definition) is 1. The molecule has 0 N–H and O–H groups in total. The van der Waals surface area contributed by atoms with Crippen molar-refractivity contribution in [2.75, 3.05) is 6.61 Å². The summed E-state index contributed by atoms with van der Waals surface area (Å²) in [4.78, 5) is 0. The number of hydrogen-bond donors (Lipinski definition) is 0. The maximum absolute atomic E-state index is 5.77. The maximum Gasteiger partial charge on any atom is 0.289 e. The van der Waals surface area contributed by atoms with E-state index in [0.29, 0.717) is 6.92 Å². The van der Waals surface area contributed by atoms with Gasteiger partial charge in [0.15, 0.2) is 0 Å². The minimum absolute atomic E-state index is 0.475. The van der Waals surface area contributed by atoms with E-state index in [0.717, 1.165) is 6.61 Å². The second kappa shape index (κ2) is 12.1. The van der Waals surface area contributed by atoms with Crippen LogP contribution in [0.4, 0.5) is 0 Å². The van der Waals surface area contributed by atoms with Gasteiger partial charge in [-0.15, -0.1) is 0 Å². The van der Waals surface area contributed by atoms with Crippen LogP contribution in [-0.2, 0) is 4.65 Å². The third kappa shape index (κ3) is 12.0. The fourth-order valence-corrected chi connectivity index (χ4v) is 1.76. The van der Waals surface area contributed by atoms with Gasteiger partial charge in [-0.1, -0.05) is 65.6 Å². The molecule has 0 spiro atoms. The Morgan fingerprint density at radius 3 is 2.00 bits per heavy atom. The Balaban J connectivity index is 3.08. The summed E-state index contributed by atoms with van der Waals surface area (Å²) in [6.45, 7) is 8.16. The monoisotopic (exact) mass is 212 g/mol. The second-order valence-electron chi connectivity index (χ2n) is 4.59. The van der Waals surface area contributed by atoms with Crippen molar-refractivity contribution in [1.29, 1.82) is 0 Å². The van der Waals surface area contributed by atoms with Gasteiger partial charge in [0.25, 0.3) is 6.92 Å². The van der Waals surface area contributed by atoms with Crippen molar-refractivity contribution in [3.8, 4) is 0 Å². The summed E-state index contributed by atoms with van der Waals surface area (Å²) in [6, 6.07) is 0. The number of rotatable bonds is 11. The summed E-state index contributed by atoms with van der Waals surface area (Å²) in [5.41, 5.74) is 0. The van der Waals surface area contributed by atoms with E-state index >= 15 is 0 Å². The maximum atomic E-state index is 5.77. The number of unbranched alkanes of at least 4 members (excludes halogenated alkanes) is 6. The lowest BCUT2D eigenvalue weighted by Gasteiger charge is -2.09. The van der Waals surface area contributed by atoms with E-state index in [1.807, 2.05) is 0 Å². The van der Waals surface area contributed by atoms with E-state index in [1.165, 1.54) is 57.7 Å². The van der Waals surface area contributed by atoms with E-state index in [1.54, 1.807) is 0 Å². The van der Waals surface area contributed by atoms with E-state index < -0.39 is 0 Å². The fraction of sp³-hybridized carbons (Fsp3) is 1.00. The molecule has 0 aromatic carbocycles. The van der Waals surface area contributed by atoms with Gasteiger partial charge in [-0.3, -0.25) is 0 Å². The van der Waals surface area contributed by atoms with Crippen LogP contribution in [0.15, 0.2) is 0 Å². The highest BCUT2D eigenvalue weighted by atomic mass is 16.4. The van der Waals surface area contributed by atoms with Crippen molar-refractivity contribution in [3.63, 3.8) is 0 Å². The Kier molecular flexibility index (Phi) is 12.1. The minimum Gasteiger partial charge on any atom is -0.436 e. The standard InChI is InChI=1S/C13H29BO/c1-4-6-8-10-12-14(3)15-13-11-9-7-5-2/h4-13H2,1-3H3. The van der Waals surface area contributed by atoms with E-state index in [9.17, 15) is 0 Å². The second-order valence-corrected chi connectivity index (χ2v) is 4.59. The van der Waals surface area contributed by atoms with Crippen molar-refractivity contribution < 1.29 is 4.65 Å². The molecule has 0 aromatic heterocycles. The molecule has 0 radical (unpaired) electrons. The molecule has 2 heteroatoms. The van der Waals surface area contributed by atoms with Gasteiger partial charge in [0, 0.05) is 6.61 Å². The zero-order valence-electron chi connectivity index (χ0n) is 11.1. The Labute approximate surface area is 97.1 Å². The molecule has 0 bridgehead atoms. The van der Waals surface area contributed by atoms with Crippen LogP contribution >= 0.6 is 0 Å². The molecular formula is C13H29BO. The van der Waals surface area contributed by atoms with Crippen LogP contribution in [0, 0.1) is 0 Å². The van der Waals surface area contributed by atoms with Gasteiger partial charge in [-0.05, 0) is 12.7 Å². The summed E-state index contributed by atoms with van der Waals surface area (Å²) < 4.78 is 5.77. The molecule has 0 rings (SSSR count). The molecule has 0 unspecified atom stereocenters. The molecule has 15 heavy (non-hydrogen) atoms. The third-order valence-electron chi connectivity index (χ3n) is 2.86. The average Bonchev–Trinajstić information content (AvgIpc) is 2.24. The molecule has 0 aliphatic rings. The predicted molar refractivity (Wildman–Crippen MR) is 70.7 cm³/mol. The largest absolute Gasteiger partial charge is 0.436 e. The molecule has 0 aliphatic carbocycles. The van der Waals surface area contributed by atoms with Crippen LogP contribution in [0.5, 0.6) is 0 Å². The normalized spacial score (nSPS) is 10.6. The van der Waals surface area contributed by atoms with Crippen LogP contribution < -0.4 is 0 Å². The van der Waals surface area contributed by atoms with Crippen LogP contribution in [0.2, 0.25) is 13.1 Å². The molecule has 90 valence electrons. The van der Waals surface area contributed by atoms with Crippen LogP contribution in [0.1, 0.15) is 65.2 Å². The summed E-state index contributed by atoms with van der Waals surface area (Å²) >= 11 is 0. The van der Waals surface area contributed by atoms with Gasteiger partial charge >= 0.3 is 0 Å². The van der Waals surface area contributed by atoms with Crippen LogP contribution in [0.25, 0.3) is 0 Å². The third-order valence-corrected chi connectivity index (χ3v) is 2.86. The van der Waals surface area contributed by atoms with Crippen LogP contribution in [-0.4, -0.2) is 13.5 Å². The Morgan fingerprint density at radius 1 is 0.800 bits per heavy atom. The lowest BCUT2D eigenvalue weighted by Crippen LogP contribution is -2.13. The zero-order valence-corrected chi connectivity index (χ0v) is 11.1. The molecule has 0 saturated heterocycles.